The van der Waals surface area contributed by atoms with Gasteiger partial charge in [-0.2, -0.15) is 5.10 Å². The van der Waals surface area contributed by atoms with E-state index >= 15 is 0 Å². The molecule has 0 aliphatic carbocycles. The minimum absolute atomic E-state index is 0.132. The Morgan fingerprint density at radius 1 is 1.22 bits per heavy atom. The maximum absolute atomic E-state index is 13.1. The molecule has 3 aromatic heterocycles. The Labute approximate surface area is 165 Å². The van der Waals surface area contributed by atoms with Gasteiger partial charge in [-0.1, -0.05) is 29.8 Å². The summed E-state index contributed by atoms with van der Waals surface area (Å²) >= 11 is 7.77. The minimum atomic E-state index is -0.239. The molecule has 0 atom stereocenters. The standard InChI is InChI=1S/C20H17ClN4OS/c1-12(2)25-19-14(11-22-25)13(10-17(23-19)18-8-5-9-27-18)20(26)24-16-7-4-3-6-15(16)21/h3-12H,1-2H3,(H,24,26). The summed E-state index contributed by atoms with van der Waals surface area (Å²) in [4.78, 5) is 18.8. The van der Waals surface area contributed by atoms with Gasteiger partial charge in [0.15, 0.2) is 5.65 Å². The molecular weight excluding hydrogens is 380 g/mol. The Kier molecular flexibility index (Phi) is 4.68. The average Bonchev–Trinajstić information content (AvgIpc) is 3.32. The Bertz CT molecular complexity index is 1120. The first-order valence-electron chi connectivity index (χ1n) is 8.52. The molecule has 0 aliphatic heterocycles. The van der Waals surface area contributed by atoms with Crippen LogP contribution in [0.15, 0.2) is 54.0 Å². The molecule has 136 valence electrons. The first-order chi connectivity index (χ1) is 13.0. The van der Waals surface area contributed by atoms with Gasteiger partial charge in [-0.05, 0) is 43.5 Å². The molecule has 4 aromatic rings. The van der Waals surface area contributed by atoms with E-state index in [9.17, 15) is 4.79 Å². The molecule has 0 aliphatic rings. The number of halogens is 1. The molecule has 0 saturated heterocycles. The number of carbonyl (C=O) groups is 1. The third-order valence-corrected chi connectivity index (χ3v) is 5.42. The average molecular weight is 397 g/mol. The van der Waals surface area contributed by atoms with Gasteiger partial charge >= 0.3 is 0 Å². The van der Waals surface area contributed by atoms with E-state index in [-0.39, 0.29) is 11.9 Å². The van der Waals surface area contributed by atoms with Gasteiger partial charge in [0.2, 0.25) is 0 Å². The van der Waals surface area contributed by atoms with Crippen molar-refractivity contribution in [2.45, 2.75) is 19.9 Å². The second-order valence-corrected chi connectivity index (χ2v) is 7.74. The van der Waals surface area contributed by atoms with Crippen molar-refractivity contribution in [3.63, 3.8) is 0 Å². The number of amides is 1. The second-order valence-electron chi connectivity index (χ2n) is 6.39. The highest BCUT2D eigenvalue weighted by atomic mass is 35.5. The van der Waals surface area contributed by atoms with Crippen LogP contribution in [0.25, 0.3) is 21.6 Å². The SMILES string of the molecule is CC(C)n1ncc2c(C(=O)Nc3ccccc3Cl)cc(-c3cccs3)nc21. The van der Waals surface area contributed by atoms with Crippen molar-refractivity contribution in [3.05, 3.63) is 64.6 Å². The van der Waals surface area contributed by atoms with Crippen LogP contribution in [0, 0.1) is 0 Å². The first-order valence-corrected chi connectivity index (χ1v) is 9.78. The number of fused-ring (bicyclic) bond motifs is 1. The summed E-state index contributed by atoms with van der Waals surface area (Å²) in [5.41, 5.74) is 2.54. The predicted molar refractivity (Wildman–Crippen MR) is 111 cm³/mol. The van der Waals surface area contributed by atoms with E-state index in [1.807, 2.05) is 54.2 Å². The Morgan fingerprint density at radius 3 is 2.74 bits per heavy atom. The summed E-state index contributed by atoms with van der Waals surface area (Å²) in [6.07, 6.45) is 1.70. The largest absolute Gasteiger partial charge is 0.321 e. The van der Waals surface area contributed by atoms with Crippen molar-refractivity contribution in [1.82, 2.24) is 14.8 Å². The van der Waals surface area contributed by atoms with Crippen molar-refractivity contribution in [2.24, 2.45) is 0 Å². The summed E-state index contributed by atoms with van der Waals surface area (Å²) in [7, 11) is 0. The second kappa shape index (κ2) is 7.13. The van der Waals surface area contributed by atoms with Crippen molar-refractivity contribution < 1.29 is 4.79 Å². The fourth-order valence-corrected chi connectivity index (χ4v) is 3.76. The molecule has 0 spiro atoms. The van der Waals surface area contributed by atoms with Crippen molar-refractivity contribution in [3.8, 4) is 10.6 Å². The van der Waals surface area contributed by atoms with Crippen LogP contribution in [0.4, 0.5) is 5.69 Å². The lowest BCUT2D eigenvalue weighted by Crippen LogP contribution is -2.13. The van der Waals surface area contributed by atoms with Crippen LogP contribution in [0.1, 0.15) is 30.2 Å². The van der Waals surface area contributed by atoms with Crippen molar-refractivity contribution >= 4 is 45.6 Å². The highest BCUT2D eigenvalue weighted by Crippen LogP contribution is 2.30. The summed E-state index contributed by atoms with van der Waals surface area (Å²) in [6.45, 7) is 4.07. The van der Waals surface area contributed by atoms with Crippen LogP contribution in [-0.4, -0.2) is 20.7 Å². The predicted octanol–water partition coefficient (Wildman–Crippen LogP) is 5.65. The number of pyridine rings is 1. The third kappa shape index (κ3) is 3.34. The lowest BCUT2D eigenvalue weighted by Gasteiger charge is -2.11. The monoisotopic (exact) mass is 396 g/mol. The van der Waals surface area contributed by atoms with Crippen LogP contribution < -0.4 is 5.32 Å². The van der Waals surface area contributed by atoms with Crippen LogP contribution >= 0.6 is 22.9 Å². The summed E-state index contributed by atoms with van der Waals surface area (Å²) in [5.74, 6) is -0.239. The van der Waals surface area contributed by atoms with Gasteiger partial charge in [0.05, 0.1) is 38.4 Å². The maximum Gasteiger partial charge on any atom is 0.256 e. The smallest absolute Gasteiger partial charge is 0.256 e. The van der Waals surface area contributed by atoms with Crippen LogP contribution in [0.2, 0.25) is 5.02 Å². The van der Waals surface area contributed by atoms with Gasteiger partial charge in [-0.3, -0.25) is 4.79 Å². The number of thiophene rings is 1. The number of nitrogens with zero attached hydrogens (tertiary/aromatic N) is 3. The zero-order valence-corrected chi connectivity index (χ0v) is 16.4. The number of aromatic nitrogens is 3. The Hall–Kier alpha value is -2.70. The molecule has 1 amide bonds. The van der Waals surface area contributed by atoms with Crippen molar-refractivity contribution in [1.29, 1.82) is 0 Å². The van der Waals surface area contributed by atoms with Gasteiger partial charge in [0.25, 0.3) is 5.91 Å². The summed E-state index contributed by atoms with van der Waals surface area (Å²) in [6, 6.07) is 13.1. The quantitative estimate of drug-likeness (QED) is 0.485. The van der Waals surface area contributed by atoms with E-state index in [0.717, 1.165) is 10.6 Å². The fraction of sp³-hybridized carbons (Fsp3) is 0.150. The molecular formula is C20H17ClN4OS. The molecule has 1 N–H and O–H groups in total. The molecule has 4 rings (SSSR count). The summed E-state index contributed by atoms with van der Waals surface area (Å²) in [5, 5.41) is 10.5. The lowest BCUT2D eigenvalue weighted by molar-refractivity contribution is 0.102. The number of benzene rings is 1. The molecule has 7 heteroatoms. The molecule has 1 aromatic carbocycles. The molecule has 0 fully saturated rings. The van der Waals surface area contributed by atoms with E-state index in [0.29, 0.717) is 27.3 Å². The minimum Gasteiger partial charge on any atom is -0.321 e. The molecule has 0 radical (unpaired) electrons. The van der Waals surface area contributed by atoms with E-state index < -0.39 is 0 Å². The number of para-hydroxylation sites is 1. The Morgan fingerprint density at radius 2 is 2.04 bits per heavy atom. The number of hydrogen-bond acceptors (Lipinski definition) is 4. The molecule has 0 unspecified atom stereocenters. The molecule has 3 heterocycles. The first kappa shape index (κ1) is 17.7. The van der Waals surface area contributed by atoms with Crippen LogP contribution in [0.3, 0.4) is 0 Å². The van der Waals surface area contributed by atoms with E-state index in [2.05, 4.69) is 10.4 Å². The molecule has 5 nitrogen and oxygen atoms in total. The van der Waals surface area contributed by atoms with Crippen LogP contribution in [0.5, 0.6) is 0 Å². The zero-order valence-electron chi connectivity index (χ0n) is 14.8. The fourth-order valence-electron chi connectivity index (χ4n) is 2.89. The van der Waals surface area contributed by atoms with Gasteiger partial charge in [0, 0.05) is 6.04 Å². The molecule has 0 saturated carbocycles. The highest BCUT2D eigenvalue weighted by molar-refractivity contribution is 7.13. The molecule has 0 bridgehead atoms. The van der Waals surface area contributed by atoms with E-state index in [1.165, 1.54) is 0 Å². The number of nitrogens with one attached hydrogen (secondary N) is 1. The highest BCUT2D eigenvalue weighted by Gasteiger charge is 2.19. The molecule has 27 heavy (non-hydrogen) atoms. The normalized spacial score (nSPS) is 11.3. The van der Waals surface area contributed by atoms with Crippen LogP contribution in [-0.2, 0) is 0 Å². The van der Waals surface area contributed by atoms with E-state index in [1.54, 1.807) is 29.7 Å². The van der Waals surface area contributed by atoms with Gasteiger partial charge < -0.3 is 5.32 Å². The lowest BCUT2D eigenvalue weighted by atomic mass is 10.1. The van der Waals surface area contributed by atoms with Gasteiger partial charge in [-0.25, -0.2) is 9.67 Å². The number of hydrogen-bond donors (Lipinski definition) is 1. The number of carbonyl (C=O) groups excluding carboxylic acids is 1. The number of rotatable bonds is 4. The van der Waals surface area contributed by atoms with E-state index in [4.69, 9.17) is 16.6 Å². The topological polar surface area (TPSA) is 59.8 Å². The summed E-state index contributed by atoms with van der Waals surface area (Å²) < 4.78 is 1.83. The number of anilines is 1. The maximum atomic E-state index is 13.1. The third-order valence-electron chi connectivity index (χ3n) is 4.20. The van der Waals surface area contributed by atoms with Gasteiger partial charge in [0.1, 0.15) is 0 Å². The van der Waals surface area contributed by atoms with Crippen molar-refractivity contribution in [2.75, 3.05) is 5.32 Å². The zero-order chi connectivity index (χ0) is 19.0. The van der Waals surface area contributed by atoms with Gasteiger partial charge in [-0.15, -0.1) is 11.3 Å². The Balaban J connectivity index is 1.86.